The second-order valence-corrected chi connectivity index (χ2v) is 7.03. The van der Waals surface area contributed by atoms with E-state index >= 15 is 0 Å². The Bertz CT molecular complexity index is 1040. The average molecular weight is 404 g/mol. The number of carbonyl (C=O) groups is 2. The van der Waals surface area contributed by atoms with E-state index in [1.807, 2.05) is 36.4 Å². The minimum absolute atomic E-state index is 0.0916. The number of ether oxygens (including phenoxy) is 1. The zero-order valence-corrected chi connectivity index (χ0v) is 16.3. The lowest BCUT2D eigenvalue weighted by Gasteiger charge is -2.20. The standard InChI is InChI=1S/C24H21FN2O3/c25-20-16-18(13-14-21(20)27-15-7-12-22(27)28)26-24(29)23(17-8-3-1-4-9-17)30-19-10-5-2-6-11-19/h1-6,8-11,13-14,16,23H,7,12,15H2,(H,26,29). The van der Waals surface area contributed by atoms with Crippen molar-refractivity contribution >= 4 is 23.2 Å². The number of halogens is 1. The van der Waals surface area contributed by atoms with Crippen LogP contribution in [0.3, 0.4) is 0 Å². The van der Waals surface area contributed by atoms with Gasteiger partial charge in [0.25, 0.3) is 5.91 Å². The number of amides is 2. The van der Waals surface area contributed by atoms with Gasteiger partial charge in [-0.2, -0.15) is 0 Å². The molecule has 1 atom stereocenters. The van der Waals surface area contributed by atoms with Crippen LogP contribution in [-0.2, 0) is 9.59 Å². The van der Waals surface area contributed by atoms with Gasteiger partial charge in [0.15, 0.2) is 0 Å². The highest BCUT2D eigenvalue weighted by molar-refractivity contribution is 5.97. The SMILES string of the molecule is O=C(Nc1ccc(N2CCCC2=O)c(F)c1)C(Oc1ccccc1)c1ccccc1. The first-order chi connectivity index (χ1) is 14.6. The van der Waals surface area contributed by atoms with Crippen molar-refractivity contribution in [2.24, 2.45) is 0 Å². The van der Waals surface area contributed by atoms with Crippen LogP contribution in [0, 0.1) is 5.82 Å². The summed E-state index contributed by atoms with van der Waals surface area (Å²) in [5, 5.41) is 2.72. The topological polar surface area (TPSA) is 58.6 Å². The highest BCUT2D eigenvalue weighted by atomic mass is 19.1. The van der Waals surface area contributed by atoms with Crippen molar-refractivity contribution < 1.29 is 18.7 Å². The molecule has 3 aromatic rings. The molecule has 30 heavy (non-hydrogen) atoms. The summed E-state index contributed by atoms with van der Waals surface area (Å²) < 4.78 is 20.5. The number of hydrogen-bond acceptors (Lipinski definition) is 3. The van der Waals surface area contributed by atoms with Crippen LogP contribution in [0.5, 0.6) is 5.75 Å². The van der Waals surface area contributed by atoms with Crippen molar-refractivity contribution in [2.75, 3.05) is 16.8 Å². The van der Waals surface area contributed by atoms with E-state index in [-0.39, 0.29) is 11.6 Å². The smallest absolute Gasteiger partial charge is 0.270 e. The van der Waals surface area contributed by atoms with E-state index in [4.69, 9.17) is 4.74 Å². The van der Waals surface area contributed by atoms with Gasteiger partial charge in [-0.3, -0.25) is 9.59 Å². The van der Waals surface area contributed by atoms with Crippen LogP contribution in [0.25, 0.3) is 0 Å². The third-order valence-corrected chi connectivity index (χ3v) is 4.92. The summed E-state index contributed by atoms with van der Waals surface area (Å²) in [5.41, 5.74) is 1.21. The number of para-hydroxylation sites is 1. The number of benzene rings is 3. The number of anilines is 2. The molecule has 0 saturated carbocycles. The lowest BCUT2D eigenvalue weighted by molar-refractivity contribution is -0.123. The molecule has 1 saturated heterocycles. The Morgan fingerprint density at radius 1 is 1.00 bits per heavy atom. The molecule has 1 aliphatic rings. The largest absolute Gasteiger partial charge is 0.476 e. The quantitative estimate of drug-likeness (QED) is 0.647. The fourth-order valence-corrected chi connectivity index (χ4v) is 3.45. The highest BCUT2D eigenvalue weighted by Crippen LogP contribution is 2.28. The molecule has 0 aromatic heterocycles. The van der Waals surface area contributed by atoms with Crippen LogP contribution in [0.4, 0.5) is 15.8 Å². The zero-order valence-electron chi connectivity index (χ0n) is 16.3. The molecular weight excluding hydrogens is 383 g/mol. The summed E-state index contributed by atoms with van der Waals surface area (Å²) in [6.45, 7) is 0.502. The normalized spacial score (nSPS) is 14.4. The van der Waals surface area contributed by atoms with Gasteiger partial charge in [0.05, 0.1) is 5.69 Å². The summed E-state index contributed by atoms with van der Waals surface area (Å²) in [4.78, 5) is 26.3. The fraction of sp³-hybridized carbons (Fsp3) is 0.167. The van der Waals surface area contributed by atoms with Crippen LogP contribution in [0.1, 0.15) is 24.5 Å². The lowest BCUT2D eigenvalue weighted by Crippen LogP contribution is -2.26. The molecule has 0 radical (unpaired) electrons. The maximum Gasteiger partial charge on any atom is 0.270 e. The van der Waals surface area contributed by atoms with Gasteiger partial charge in [-0.15, -0.1) is 0 Å². The summed E-state index contributed by atoms with van der Waals surface area (Å²) in [6, 6.07) is 22.5. The number of carbonyl (C=O) groups excluding carboxylic acids is 2. The molecule has 3 aromatic carbocycles. The van der Waals surface area contributed by atoms with Gasteiger partial charge in [0.2, 0.25) is 12.0 Å². The number of hydrogen-bond donors (Lipinski definition) is 1. The van der Waals surface area contributed by atoms with Crippen molar-refractivity contribution in [3.63, 3.8) is 0 Å². The summed E-state index contributed by atoms with van der Waals surface area (Å²) in [5.74, 6) is -0.514. The molecule has 1 unspecified atom stereocenters. The third-order valence-electron chi connectivity index (χ3n) is 4.92. The summed E-state index contributed by atoms with van der Waals surface area (Å²) >= 11 is 0. The van der Waals surface area contributed by atoms with Gasteiger partial charge in [-0.25, -0.2) is 4.39 Å². The predicted molar refractivity (Wildman–Crippen MR) is 113 cm³/mol. The second kappa shape index (κ2) is 8.78. The van der Waals surface area contributed by atoms with Gasteiger partial charge in [-0.05, 0) is 36.8 Å². The van der Waals surface area contributed by atoms with Crippen LogP contribution in [0.15, 0.2) is 78.9 Å². The molecule has 0 aliphatic carbocycles. The van der Waals surface area contributed by atoms with Gasteiger partial charge >= 0.3 is 0 Å². The maximum atomic E-state index is 14.6. The van der Waals surface area contributed by atoms with Crippen LogP contribution < -0.4 is 15.0 Å². The molecule has 0 bridgehead atoms. The van der Waals surface area contributed by atoms with Crippen LogP contribution >= 0.6 is 0 Å². The minimum Gasteiger partial charge on any atom is -0.476 e. The summed E-state index contributed by atoms with van der Waals surface area (Å²) in [6.07, 6.45) is 0.233. The van der Waals surface area contributed by atoms with Crippen LogP contribution in [0.2, 0.25) is 0 Å². The van der Waals surface area contributed by atoms with E-state index in [2.05, 4.69) is 5.32 Å². The lowest BCUT2D eigenvalue weighted by atomic mass is 10.1. The van der Waals surface area contributed by atoms with Gasteiger partial charge in [0, 0.05) is 24.2 Å². The van der Waals surface area contributed by atoms with Crippen molar-refractivity contribution in [1.82, 2.24) is 0 Å². The highest BCUT2D eigenvalue weighted by Gasteiger charge is 2.26. The molecular formula is C24H21FN2O3. The Kier molecular flexibility index (Phi) is 5.75. The van der Waals surface area contributed by atoms with E-state index in [9.17, 15) is 14.0 Å². The Balaban J connectivity index is 1.55. The zero-order chi connectivity index (χ0) is 20.9. The molecule has 2 amide bonds. The first kappa shape index (κ1) is 19.6. The number of nitrogens with zero attached hydrogens (tertiary/aromatic N) is 1. The molecule has 1 fully saturated rings. The first-order valence-corrected chi connectivity index (χ1v) is 9.79. The third kappa shape index (κ3) is 4.33. The molecule has 5 nitrogen and oxygen atoms in total. The fourth-order valence-electron chi connectivity index (χ4n) is 3.45. The monoisotopic (exact) mass is 404 g/mol. The Hall–Kier alpha value is -3.67. The van der Waals surface area contributed by atoms with E-state index in [1.54, 1.807) is 30.3 Å². The van der Waals surface area contributed by atoms with Gasteiger partial charge in [0.1, 0.15) is 11.6 Å². The molecule has 6 heteroatoms. The van der Waals surface area contributed by atoms with E-state index in [0.717, 1.165) is 0 Å². The first-order valence-electron chi connectivity index (χ1n) is 9.79. The van der Waals surface area contributed by atoms with Gasteiger partial charge < -0.3 is 15.0 Å². The van der Waals surface area contributed by atoms with E-state index in [0.29, 0.717) is 36.4 Å². The number of rotatable bonds is 6. The Labute approximate surface area is 174 Å². The molecule has 1 aliphatic heterocycles. The van der Waals surface area contributed by atoms with Crippen LogP contribution in [-0.4, -0.2) is 18.4 Å². The average Bonchev–Trinajstić information content (AvgIpc) is 3.19. The van der Waals surface area contributed by atoms with E-state index < -0.39 is 17.8 Å². The van der Waals surface area contributed by atoms with Crippen molar-refractivity contribution in [2.45, 2.75) is 18.9 Å². The molecule has 152 valence electrons. The molecule has 1 heterocycles. The second-order valence-electron chi connectivity index (χ2n) is 7.03. The Morgan fingerprint density at radius 3 is 2.33 bits per heavy atom. The van der Waals surface area contributed by atoms with Crippen molar-refractivity contribution in [1.29, 1.82) is 0 Å². The van der Waals surface area contributed by atoms with Crippen molar-refractivity contribution in [3.8, 4) is 5.75 Å². The predicted octanol–water partition coefficient (Wildman–Crippen LogP) is 4.71. The summed E-state index contributed by atoms with van der Waals surface area (Å²) in [7, 11) is 0. The molecule has 4 rings (SSSR count). The molecule has 0 spiro atoms. The Morgan fingerprint density at radius 2 is 1.70 bits per heavy atom. The number of nitrogens with one attached hydrogen (secondary N) is 1. The minimum atomic E-state index is -0.906. The van der Waals surface area contributed by atoms with Crippen molar-refractivity contribution in [3.05, 3.63) is 90.2 Å². The maximum absolute atomic E-state index is 14.6. The molecule has 1 N–H and O–H groups in total. The van der Waals surface area contributed by atoms with Gasteiger partial charge in [-0.1, -0.05) is 48.5 Å². The van der Waals surface area contributed by atoms with E-state index in [1.165, 1.54) is 17.0 Å².